The molecule has 0 spiro atoms. The van der Waals surface area contributed by atoms with E-state index >= 15 is 0 Å². The lowest BCUT2D eigenvalue weighted by molar-refractivity contribution is 0.101. The van der Waals surface area contributed by atoms with Gasteiger partial charge in [-0.15, -0.1) is 11.3 Å². The zero-order chi connectivity index (χ0) is 12.4. The number of hydrogen-bond acceptors (Lipinski definition) is 3. The van der Waals surface area contributed by atoms with Crippen LogP contribution in [0.2, 0.25) is 0 Å². The summed E-state index contributed by atoms with van der Waals surface area (Å²) in [6.45, 7) is 0.931. The minimum atomic E-state index is 0.136. The fraction of sp³-hybridized carbons (Fsp3) is 0.467. The summed E-state index contributed by atoms with van der Waals surface area (Å²) >= 11 is 1.79. The molecule has 18 heavy (non-hydrogen) atoms. The molecule has 1 saturated heterocycles. The smallest absolute Gasteiger partial charge is 0.0576 e. The van der Waals surface area contributed by atoms with Crippen LogP contribution in [0.3, 0.4) is 0 Å². The fourth-order valence-corrected chi connectivity index (χ4v) is 3.68. The van der Waals surface area contributed by atoms with Gasteiger partial charge in [-0.2, -0.15) is 0 Å². The van der Waals surface area contributed by atoms with Crippen LogP contribution in [0.5, 0.6) is 0 Å². The highest BCUT2D eigenvalue weighted by molar-refractivity contribution is 7.17. The number of fused-ring (bicyclic) bond motifs is 1. The Bertz CT molecular complexity index is 516. The van der Waals surface area contributed by atoms with Crippen LogP contribution < -0.4 is 5.73 Å². The topological polar surface area (TPSA) is 35.2 Å². The monoisotopic (exact) mass is 261 g/mol. The molecular formula is C15H19NOS. The molecule has 3 heteroatoms. The van der Waals surface area contributed by atoms with Gasteiger partial charge < -0.3 is 10.5 Å². The lowest BCUT2D eigenvalue weighted by Gasteiger charge is -2.15. The fourth-order valence-electron chi connectivity index (χ4n) is 2.70. The van der Waals surface area contributed by atoms with Gasteiger partial charge in [0, 0.05) is 17.3 Å². The Morgan fingerprint density at radius 3 is 3.17 bits per heavy atom. The highest BCUT2D eigenvalue weighted by Crippen LogP contribution is 2.30. The molecule has 1 aliphatic rings. The molecule has 2 N–H and O–H groups in total. The molecule has 1 aromatic heterocycles. The standard InChI is InChI=1S/C15H19NOS/c16-14(7-6-12-4-2-9-17-12)13-5-1-3-11-8-10-18-15(11)13/h1,3,5,8,10,12,14H,2,4,6-7,9,16H2. The van der Waals surface area contributed by atoms with E-state index in [-0.39, 0.29) is 6.04 Å². The summed E-state index contributed by atoms with van der Waals surface area (Å²) in [7, 11) is 0. The molecule has 0 bridgehead atoms. The Morgan fingerprint density at radius 1 is 1.39 bits per heavy atom. The lowest BCUT2D eigenvalue weighted by atomic mass is 9.99. The van der Waals surface area contributed by atoms with Gasteiger partial charge in [0.25, 0.3) is 0 Å². The van der Waals surface area contributed by atoms with E-state index in [2.05, 4.69) is 29.6 Å². The van der Waals surface area contributed by atoms with Crippen LogP contribution in [0.4, 0.5) is 0 Å². The number of nitrogens with two attached hydrogens (primary N) is 1. The molecular weight excluding hydrogens is 242 g/mol. The summed E-state index contributed by atoms with van der Waals surface area (Å²) in [5.74, 6) is 0. The van der Waals surface area contributed by atoms with Crippen LogP contribution in [0.1, 0.15) is 37.3 Å². The molecule has 96 valence electrons. The highest BCUT2D eigenvalue weighted by Gasteiger charge is 2.18. The molecule has 2 heterocycles. The third kappa shape index (κ3) is 2.44. The van der Waals surface area contributed by atoms with Gasteiger partial charge in [0.2, 0.25) is 0 Å². The van der Waals surface area contributed by atoms with E-state index in [1.807, 2.05) is 0 Å². The van der Waals surface area contributed by atoms with Crippen molar-refractivity contribution in [2.75, 3.05) is 6.61 Å². The van der Waals surface area contributed by atoms with Crippen LogP contribution in [-0.2, 0) is 4.74 Å². The molecule has 2 unspecified atom stereocenters. The molecule has 0 saturated carbocycles. The molecule has 0 aliphatic carbocycles. The quantitative estimate of drug-likeness (QED) is 0.907. The van der Waals surface area contributed by atoms with Crippen molar-refractivity contribution in [1.82, 2.24) is 0 Å². The first-order chi connectivity index (χ1) is 8.84. The van der Waals surface area contributed by atoms with Gasteiger partial charge in [0.1, 0.15) is 0 Å². The van der Waals surface area contributed by atoms with E-state index in [4.69, 9.17) is 10.5 Å². The van der Waals surface area contributed by atoms with E-state index in [9.17, 15) is 0 Å². The first-order valence-corrected chi connectivity index (χ1v) is 7.56. The predicted octanol–water partition coefficient (Wildman–Crippen LogP) is 3.86. The van der Waals surface area contributed by atoms with Gasteiger partial charge in [-0.1, -0.05) is 18.2 Å². The van der Waals surface area contributed by atoms with Crippen molar-refractivity contribution in [3.8, 4) is 0 Å². The Kier molecular flexibility index (Phi) is 3.64. The zero-order valence-corrected chi connectivity index (χ0v) is 11.3. The third-order valence-electron chi connectivity index (χ3n) is 3.73. The van der Waals surface area contributed by atoms with Crippen LogP contribution in [-0.4, -0.2) is 12.7 Å². The molecule has 1 aliphatic heterocycles. The molecule has 1 fully saturated rings. The average molecular weight is 261 g/mol. The van der Waals surface area contributed by atoms with Crippen LogP contribution >= 0.6 is 11.3 Å². The largest absolute Gasteiger partial charge is 0.378 e. The van der Waals surface area contributed by atoms with Gasteiger partial charge in [-0.25, -0.2) is 0 Å². The second-order valence-electron chi connectivity index (χ2n) is 5.01. The summed E-state index contributed by atoms with van der Waals surface area (Å²) in [5, 5.41) is 3.45. The molecule has 0 amide bonds. The number of thiophene rings is 1. The van der Waals surface area contributed by atoms with Crippen molar-refractivity contribution >= 4 is 21.4 Å². The number of benzene rings is 1. The Balaban J connectivity index is 1.71. The Hall–Kier alpha value is -0.900. The average Bonchev–Trinajstić information content (AvgIpc) is 3.05. The van der Waals surface area contributed by atoms with Crippen molar-refractivity contribution in [1.29, 1.82) is 0 Å². The van der Waals surface area contributed by atoms with Crippen LogP contribution in [0.25, 0.3) is 10.1 Å². The second kappa shape index (κ2) is 5.39. The van der Waals surface area contributed by atoms with Gasteiger partial charge >= 0.3 is 0 Å². The summed E-state index contributed by atoms with van der Waals surface area (Å²) in [5.41, 5.74) is 7.64. The maximum atomic E-state index is 6.35. The predicted molar refractivity (Wildman–Crippen MR) is 77.0 cm³/mol. The summed E-state index contributed by atoms with van der Waals surface area (Å²) in [6.07, 6.45) is 4.96. The van der Waals surface area contributed by atoms with E-state index in [1.54, 1.807) is 11.3 Å². The van der Waals surface area contributed by atoms with Crippen molar-refractivity contribution < 1.29 is 4.74 Å². The van der Waals surface area contributed by atoms with Crippen LogP contribution in [0, 0.1) is 0 Å². The first kappa shape index (κ1) is 12.2. The summed E-state index contributed by atoms with van der Waals surface area (Å²) in [4.78, 5) is 0. The maximum absolute atomic E-state index is 6.35. The van der Waals surface area contributed by atoms with Crippen molar-refractivity contribution in [2.45, 2.75) is 37.8 Å². The number of ether oxygens (including phenoxy) is 1. The molecule has 2 aromatic rings. The summed E-state index contributed by atoms with van der Waals surface area (Å²) in [6, 6.07) is 8.73. The minimum Gasteiger partial charge on any atom is -0.378 e. The highest BCUT2D eigenvalue weighted by atomic mass is 32.1. The van der Waals surface area contributed by atoms with Gasteiger partial charge in [-0.3, -0.25) is 0 Å². The van der Waals surface area contributed by atoms with E-state index in [1.165, 1.54) is 28.5 Å². The molecule has 1 aromatic carbocycles. The Labute approximate surface area is 112 Å². The van der Waals surface area contributed by atoms with E-state index in [0.29, 0.717) is 6.10 Å². The van der Waals surface area contributed by atoms with Crippen molar-refractivity contribution in [3.63, 3.8) is 0 Å². The normalized spacial score (nSPS) is 21.5. The van der Waals surface area contributed by atoms with Gasteiger partial charge in [0.05, 0.1) is 6.10 Å². The first-order valence-electron chi connectivity index (χ1n) is 6.68. The van der Waals surface area contributed by atoms with Crippen LogP contribution in [0.15, 0.2) is 29.6 Å². The maximum Gasteiger partial charge on any atom is 0.0576 e. The number of rotatable bonds is 4. The molecule has 2 atom stereocenters. The van der Waals surface area contributed by atoms with Crippen molar-refractivity contribution in [3.05, 3.63) is 35.2 Å². The van der Waals surface area contributed by atoms with Crippen molar-refractivity contribution in [2.24, 2.45) is 5.73 Å². The zero-order valence-electron chi connectivity index (χ0n) is 10.5. The lowest BCUT2D eigenvalue weighted by Crippen LogP contribution is -2.14. The summed E-state index contributed by atoms with van der Waals surface area (Å²) < 4.78 is 7.00. The molecule has 3 rings (SSSR count). The Morgan fingerprint density at radius 2 is 2.33 bits per heavy atom. The molecule has 2 nitrogen and oxygen atoms in total. The van der Waals surface area contributed by atoms with E-state index in [0.717, 1.165) is 19.4 Å². The minimum absolute atomic E-state index is 0.136. The molecule has 0 radical (unpaired) electrons. The van der Waals surface area contributed by atoms with E-state index < -0.39 is 0 Å². The SMILES string of the molecule is NC(CCC1CCCO1)c1cccc2ccsc12. The number of hydrogen-bond donors (Lipinski definition) is 1. The second-order valence-corrected chi connectivity index (χ2v) is 5.92. The third-order valence-corrected chi connectivity index (χ3v) is 4.71. The van der Waals surface area contributed by atoms with Gasteiger partial charge in [0.15, 0.2) is 0 Å². The van der Waals surface area contributed by atoms with Gasteiger partial charge in [-0.05, 0) is 48.1 Å².